The summed E-state index contributed by atoms with van der Waals surface area (Å²) < 4.78 is 13.0. The zero-order valence-electron chi connectivity index (χ0n) is 11.9. The van der Waals surface area contributed by atoms with Crippen LogP contribution in [0.1, 0.15) is 19.5 Å². The van der Waals surface area contributed by atoms with Gasteiger partial charge in [0.1, 0.15) is 5.82 Å². The molecule has 0 amide bonds. The van der Waals surface area contributed by atoms with E-state index in [-0.39, 0.29) is 5.82 Å². The zero-order chi connectivity index (χ0) is 14.4. The number of nitrogens with zero attached hydrogens (tertiary/aromatic N) is 2. The van der Waals surface area contributed by atoms with Gasteiger partial charge in [0.05, 0.1) is 12.2 Å². The van der Waals surface area contributed by atoms with E-state index in [9.17, 15) is 4.39 Å². The van der Waals surface area contributed by atoms with E-state index in [2.05, 4.69) is 35.1 Å². The summed E-state index contributed by atoms with van der Waals surface area (Å²) in [6.45, 7) is 6.59. The molecule has 0 spiro atoms. The quantitative estimate of drug-likeness (QED) is 0.870. The Balaban J connectivity index is 2.13. The highest BCUT2D eigenvalue weighted by molar-refractivity contribution is 5.48. The van der Waals surface area contributed by atoms with Crippen molar-refractivity contribution >= 4 is 11.4 Å². The third kappa shape index (κ3) is 3.70. The minimum Gasteiger partial charge on any atom is -0.385 e. The van der Waals surface area contributed by atoms with Crippen LogP contribution in [0.2, 0.25) is 0 Å². The number of hydrogen-bond donors (Lipinski definition) is 1. The maximum atomic E-state index is 13.0. The fraction of sp³-hybridized carbons (Fsp3) is 0.312. The summed E-state index contributed by atoms with van der Waals surface area (Å²) in [5.41, 5.74) is 3.08. The molecule has 0 aliphatic heterocycles. The van der Waals surface area contributed by atoms with Crippen LogP contribution >= 0.6 is 0 Å². The van der Waals surface area contributed by atoms with Crippen LogP contribution < -0.4 is 10.2 Å². The first-order chi connectivity index (χ1) is 9.72. The van der Waals surface area contributed by atoms with Gasteiger partial charge in [-0.25, -0.2) is 4.39 Å². The number of nitrogens with one attached hydrogen (secondary N) is 1. The van der Waals surface area contributed by atoms with Crippen molar-refractivity contribution in [3.05, 3.63) is 54.1 Å². The minimum atomic E-state index is -0.211. The molecule has 0 atom stereocenters. The van der Waals surface area contributed by atoms with E-state index in [1.807, 2.05) is 12.3 Å². The first kappa shape index (κ1) is 14.3. The van der Waals surface area contributed by atoms with E-state index >= 15 is 0 Å². The first-order valence-corrected chi connectivity index (χ1v) is 6.92. The molecule has 0 fully saturated rings. The van der Waals surface area contributed by atoms with Gasteiger partial charge in [0.25, 0.3) is 0 Å². The lowest BCUT2D eigenvalue weighted by Crippen LogP contribution is -2.22. The number of benzene rings is 1. The van der Waals surface area contributed by atoms with E-state index in [0.29, 0.717) is 6.54 Å². The molecular weight excluding hydrogens is 253 g/mol. The van der Waals surface area contributed by atoms with E-state index in [4.69, 9.17) is 0 Å². The number of hydrogen-bond acceptors (Lipinski definition) is 3. The summed E-state index contributed by atoms with van der Waals surface area (Å²) >= 11 is 0. The summed E-state index contributed by atoms with van der Waals surface area (Å²) in [4.78, 5) is 6.56. The highest BCUT2D eigenvalue weighted by atomic mass is 19.1. The van der Waals surface area contributed by atoms with Crippen LogP contribution in [0.3, 0.4) is 0 Å². The van der Waals surface area contributed by atoms with Crippen molar-refractivity contribution in [2.75, 3.05) is 23.3 Å². The lowest BCUT2D eigenvalue weighted by atomic mass is 10.2. The normalized spacial score (nSPS) is 10.3. The van der Waals surface area contributed by atoms with Gasteiger partial charge in [-0.15, -0.1) is 0 Å². The van der Waals surface area contributed by atoms with Crippen LogP contribution in [0.4, 0.5) is 15.8 Å². The maximum absolute atomic E-state index is 13.0. The topological polar surface area (TPSA) is 28.2 Å². The molecule has 1 N–H and O–H groups in total. The van der Waals surface area contributed by atoms with Crippen LogP contribution in [-0.4, -0.2) is 18.1 Å². The summed E-state index contributed by atoms with van der Waals surface area (Å²) in [6.07, 6.45) is 1.81. The Hall–Kier alpha value is -2.10. The zero-order valence-corrected chi connectivity index (χ0v) is 11.9. The number of pyridine rings is 1. The van der Waals surface area contributed by atoms with Crippen LogP contribution in [0.5, 0.6) is 0 Å². The van der Waals surface area contributed by atoms with Gasteiger partial charge in [-0.3, -0.25) is 4.98 Å². The third-order valence-corrected chi connectivity index (χ3v) is 3.12. The number of halogens is 1. The SMILES string of the molecule is CCNc1ccnc(CN(CC)c2ccc(F)cc2)c1. The second-order valence-corrected chi connectivity index (χ2v) is 4.56. The van der Waals surface area contributed by atoms with Crippen molar-refractivity contribution in [1.82, 2.24) is 4.98 Å². The highest BCUT2D eigenvalue weighted by Crippen LogP contribution is 2.18. The van der Waals surface area contributed by atoms with Gasteiger partial charge in [-0.1, -0.05) is 0 Å². The van der Waals surface area contributed by atoms with E-state index in [0.717, 1.165) is 30.2 Å². The van der Waals surface area contributed by atoms with Gasteiger partial charge in [-0.2, -0.15) is 0 Å². The maximum Gasteiger partial charge on any atom is 0.123 e. The predicted molar refractivity (Wildman–Crippen MR) is 81.5 cm³/mol. The second kappa shape index (κ2) is 6.89. The van der Waals surface area contributed by atoms with E-state index in [1.165, 1.54) is 12.1 Å². The summed E-state index contributed by atoms with van der Waals surface area (Å²) in [5, 5.41) is 3.28. The van der Waals surface area contributed by atoms with E-state index < -0.39 is 0 Å². The molecule has 1 aromatic carbocycles. The first-order valence-electron chi connectivity index (χ1n) is 6.92. The predicted octanol–water partition coefficient (Wildman–Crippen LogP) is 3.68. The molecule has 2 rings (SSSR count). The van der Waals surface area contributed by atoms with Gasteiger partial charge >= 0.3 is 0 Å². The molecule has 0 aliphatic rings. The average Bonchev–Trinajstić information content (AvgIpc) is 2.47. The van der Waals surface area contributed by atoms with Gasteiger partial charge in [-0.05, 0) is 50.2 Å². The second-order valence-electron chi connectivity index (χ2n) is 4.56. The van der Waals surface area contributed by atoms with Crippen LogP contribution in [0.15, 0.2) is 42.6 Å². The highest BCUT2D eigenvalue weighted by Gasteiger charge is 2.07. The monoisotopic (exact) mass is 273 g/mol. The lowest BCUT2D eigenvalue weighted by molar-refractivity contribution is 0.627. The lowest BCUT2D eigenvalue weighted by Gasteiger charge is -2.23. The molecule has 106 valence electrons. The molecule has 0 bridgehead atoms. The molecule has 4 heteroatoms. The van der Waals surface area contributed by atoms with Crippen molar-refractivity contribution in [3.63, 3.8) is 0 Å². The smallest absolute Gasteiger partial charge is 0.123 e. The van der Waals surface area contributed by atoms with Crippen molar-refractivity contribution < 1.29 is 4.39 Å². The molecule has 0 radical (unpaired) electrons. The fourth-order valence-electron chi connectivity index (χ4n) is 2.11. The molecule has 3 nitrogen and oxygen atoms in total. The van der Waals surface area contributed by atoms with E-state index in [1.54, 1.807) is 12.1 Å². The standard InChI is InChI=1S/C16H20FN3/c1-3-18-14-9-10-19-15(11-14)12-20(4-2)16-7-5-13(17)6-8-16/h5-11H,3-4,12H2,1-2H3,(H,18,19). The molecule has 0 saturated carbocycles. The Kier molecular flexibility index (Phi) is 4.93. The fourth-order valence-corrected chi connectivity index (χ4v) is 2.11. The van der Waals surface area contributed by atoms with Gasteiger partial charge in [0.15, 0.2) is 0 Å². The Bertz CT molecular complexity index is 540. The molecule has 20 heavy (non-hydrogen) atoms. The van der Waals surface area contributed by atoms with Crippen LogP contribution in [0.25, 0.3) is 0 Å². The van der Waals surface area contributed by atoms with Crippen molar-refractivity contribution in [2.24, 2.45) is 0 Å². The number of rotatable bonds is 6. The third-order valence-electron chi connectivity index (χ3n) is 3.12. The molecule has 0 unspecified atom stereocenters. The van der Waals surface area contributed by atoms with Crippen molar-refractivity contribution in [1.29, 1.82) is 0 Å². The van der Waals surface area contributed by atoms with Crippen LogP contribution in [-0.2, 0) is 6.54 Å². The molecular formula is C16H20FN3. The molecule has 0 aliphatic carbocycles. The molecule has 2 aromatic rings. The summed E-state index contributed by atoms with van der Waals surface area (Å²) in [5.74, 6) is -0.211. The largest absolute Gasteiger partial charge is 0.385 e. The Labute approximate surface area is 119 Å². The average molecular weight is 273 g/mol. The Morgan fingerprint density at radius 2 is 1.90 bits per heavy atom. The van der Waals surface area contributed by atoms with Crippen molar-refractivity contribution in [2.45, 2.75) is 20.4 Å². The van der Waals surface area contributed by atoms with Crippen LogP contribution in [0, 0.1) is 5.82 Å². The minimum absolute atomic E-state index is 0.211. The van der Waals surface area contributed by atoms with Gasteiger partial charge in [0.2, 0.25) is 0 Å². The molecule has 0 saturated heterocycles. The molecule has 1 aromatic heterocycles. The molecule has 1 heterocycles. The van der Waals surface area contributed by atoms with Gasteiger partial charge in [0, 0.05) is 30.7 Å². The summed E-state index contributed by atoms with van der Waals surface area (Å²) in [6, 6.07) is 10.6. The Morgan fingerprint density at radius 1 is 1.15 bits per heavy atom. The summed E-state index contributed by atoms with van der Waals surface area (Å²) in [7, 11) is 0. The van der Waals surface area contributed by atoms with Crippen molar-refractivity contribution in [3.8, 4) is 0 Å². The number of aromatic nitrogens is 1. The van der Waals surface area contributed by atoms with Gasteiger partial charge < -0.3 is 10.2 Å². The number of anilines is 2. The Morgan fingerprint density at radius 3 is 2.55 bits per heavy atom.